The minimum absolute atomic E-state index is 0.107. The molecule has 6 aromatic heterocycles. The van der Waals surface area contributed by atoms with Crippen LogP contribution >= 0.6 is 0 Å². The van der Waals surface area contributed by atoms with E-state index in [1.54, 1.807) is 52.2 Å². The molecule has 0 saturated heterocycles. The highest BCUT2D eigenvalue weighted by Crippen LogP contribution is 2.31. The molecule has 0 spiro atoms. The number of amides is 4. The molecule has 1 aromatic carbocycles. The third-order valence-corrected chi connectivity index (χ3v) is 9.78. The number of aromatic nitrogens is 11. The summed E-state index contributed by atoms with van der Waals surface area (Å²) in [5.41, 5.74) is 15.8. The van der Waals surface area contributed by atoms with Gasteiger partial charge < -0.3 is 21.4 Å². The number of nitrogens with two attached hydrogens (primary N) is 2. The number of hydrogen-bond acceptors (Lipinski definition) is 11. The summed E-state index contributed by atoms with van der Waals surface area (Å²) < 4.78 is 8.21. The van der Waals surface area contributed by atoms with Gasteiger partial charge in [-0.2, -0.15) is 9.67 Å². The molecule has 58 heavy (non-hydrogen) atoms. The number of pyridine rings is 2. The van der Waals surface area contributed by atoms with E-state index in [4.69, 9.17) is 21.5 Å². The fourth-order valence-corrected chi connectivity index (χ4v) is 7.15. The van der Waals surface area contributed by atoms with Crippen LogP contribution in [0, 0.1) is 13.8 Å². The summed E-state index contributed by atoms with van der Waals surface area (Å²) in [4.78, 5) is 72.0. The van der Waals surface area contributed by atoms with Crippen LogP contribution in [-0.4, -0.2) is 72.3 Å². The Bertz CT molecular complexity index is 2850. The summed E-state index contributed by atoms with van der Waals surface area (Å²) in [5.74, 6) is -1.60. The van der Waals surface area contributed by atoms with Crippen LogP contribution in [0.25, 0.3) is 27.9 Å². The van der Waals surface area contributed by atoms with Crippen molar-refractivity contribution >= 4 is 63.4 Å². The zero-order chi connectivity index (χ0) is 40.8. The van der Waals surface area contributed by atoms with Gasteiger partial charge in [0.25, 0.3) is 11.7 Å². The van der Waals surface area contributed by atoms with Gasteiger partial charge in [-0.25, -0.2) is 15.0 Å². The number of primary amides is 2. The van der Waals surface area contributed by atoms with Crippen molar-refractivity contribution in [2.75, 3.05) is 16.0 Å². The van der Waals surface area contributed by atoms with Crippen molar-refractivity contribution in [1.29, 1.82) is 0 Å². The Morgan fingerprint density at radius 1 is 0.862 bits per heavy atom. The van der Waals surface area contributed by atoms with Crippen LogP contribution in [0.1, 0.15) is 72.8 Å². The minimum atomic E-state index is -0.675. The van der Waals surface area contributed by atoms with Gasteiger partial charge in [0.15, 0.2) is 17.0 Å². The Balaban J connectivity index is 1.36. The predicted octanol–water partition coefficient (Wildman–Crippen LogP) is 2.39. The predicted molar refractivity (Wildman–Crippen MR) is 211 cm³/mol. The van der Waals surface area contributed by atoms with E-state index in [9.17, 15) is 19.2 Å². The smallest absolute Gasteiger partial charge is 0.331 e. The Morgan fingerprint density at radius 3 is 2.26 bits per heavy atom. The lowest BCUT2D eigenvalue weighted by Gasteiger charge is -2.14. The van der Waals surface area contributed by atoms with Crippen LogP contribution in [-0.2, 0) is 32.7 Å². The number of imidazole rings is 2. The van der Waals surface area contributed by atoms with E-state index < -0.39 is 23.6 Å². The molecule has 20 heteroatoms. The van der Waals surface area contributed by atoms with Gasteiger partial charge in [0.05, 0.1) is 28.0 Å². The third-order valence-electron chi connectivity index (χ3n) is 9.78. The summed E-state index contributed by atoms with van der Waals surface area (Å²) in [7, 11) is 0. The van der Waals surface area contributed by atoms with Crippen molar-refractivity contribution < 1.29 is 23.7 Å². The number of aryl methyl sites for hydroxylation is 4. The van der Waals surface area contributed by atoms with Gasteiger partial charge in [0.1, 0.15) is 12.1 Å². The van der Waals surface area contributed by atoms with Gasteiger partial charge >= 0.3 is 11.7 Å². The summed E-state index contributed by atoms with van der Waals surface area (Å²) in [6.45, 7) is 8.56. The number of allylic oxidation sites excluding steroid dienone is 2. The fraction of sp³-hybridized carbons (Fsp3) is 0.237. The molecule has 1 aliphatic heterocycles. The first-order valence-electron chi connectivity index (χ1n) is 18.4. The maximum atomic E-state index is 14.7. The molecule has 20 nitrogen and oxygen atoms in total. The molecule has 7 heterocycles. The van der Waals surface area contributed by atoms with Crippen LogP contribution in [0.5, 0.6) is 0 Å². The molecule has 1 aliphatic rings. The highest BCUT2D eigenvalue weighted by atomic mass is 16.2. The van der Waals surface area contributed by atoms with E-state index in [2.05, 4.69) is 36.0 Å². The van der Waals surface area contributed by atoms with E-state index in [0.29, 0.717) is 64.7 Å². The van der Waals surface area contributed by atoms with Gasteiger partial charge in [-0.15, -0.1) is 4.68 Å². The van der Waals surface area contributed by atoms with E-state index in [0.717, 1.165) is 5.56 Å². The van der Waals surface area contributed by atoms with Crippen molar-refractivity contribution in [2.24, 2.45) is 11.5 Å². The van der Waals surface area contributed by atoms with Crippen molar-refractivity contribution in [1.82, 2.24) is 48.6 Å². The van der Waals surface area contributed by atoms with E-state index in [1.807, 2.05) is 42.7 Å². The maximum absolute atomic E-state index is 14.7. The summed E-state index contributed by atoms with van der Waals surface area (Å²) >= 11 is 0. The lowest BCUT2D eigenvalue weighted by Crippen LogP contribution is -2.44. The van der Waals surface area contributed by atoms with Gasteiger partial charge in [0.2, 0.25) is 23.7 Å². The molecular formula is C38H39N16O4+. The van der Waals surface area contributed by atoms with E-state index >= 15 is 0 Å². The number of carbonyl (C=O) groups excluding carboxylic acids is 4. The molecule has 0 unspecified atom stereocenters. The highest BCUT2D eigenvalue weighted by molar-refractivity contribution is 6.07. The highest BCUT2D eigenvalue weighted by Gasteiger charge is 2.37. The maximum Gasteiger partial charge on any atom is 0.331 e. The lowest BCUT2D eigenvalue weighted by atomic mass is 10.1. The number of nitrogens with one attached hydrogen (secondary N) is 3. The standard InChI is InChI=1S/C38H38N16O4/c1-5-52-30-28(20(3)48-52)54-21(4)49-53(6-2)36(54)35(58)47-38-45-27-16-24(32(40)56)19-43-33(27)51(38)13-8-7-12-50-29-25(42-18-22-10-9-11-41-17-22)14-23(31(39)55)15-26(29)44-37(50)46-34(30)57/h7-11,14-17,19,42H,5-6,12-13,18H2,1-4H3,(H5-,39,40,44,45,46,47,55,56,57,58)/p+1/b8-7+. The fourth-order valence-electron chi connectivity index (χ4n) is 7.15. The summed E-state index contributed by atoms with van der Waals surface area (Å²) in [6, 6.07) is 8.49. The SMILES string of the molecule is CCn1nc(C)c2c1C(=O)Nc1nc3cc(C(N)=O)cc(NCc4cccnc4)c3n1C/C=C/Cn1c(nc3cc(C(N)=O)cnc31)NC(=O)c1n(CC)nc(C)[n+]1-2. The molecule has 0 fully saturated rings. The minimum Gasteiger partial charge on any atom is -0.379 e. The second kappa shape index (κ2) is 14.7. The lowest BCUT2D eigenvalue weighted by molar-refractivity contribution is -0.606. The number of benzene rings is 1. The van der Waals surface area contributed by atoms with Crippen LogP contribution in [0.2, 0.25) is 0 Å². The average Bonchev–Trinajstić information content (AvgIpc) is 3.94. The molecule has 7 aromatic rings. The van der Waals surface area contributed by atoms with Gasteiger partial charge in [-0.05, 0) is 50.6 Å². The molecule has 294 valence electrons. The molecular weight excluding hydrogens is 745 g/mol. The number of rotatable bonds is 7. The van der Waals surface area contributed by atoms with Crippen LogP contribution in [0.4, 0.5) is 17.6 Å². The molecule has 0 atom stereocenters. The summed E-state index contributed by atoms with van der Waals surface area (Å²) in [5, 5.41) is 18.7. The largest absolute Gasteiger partial charge is 0.379 e. The molecule has 0 radical (unpaired) electrons. The first-order chi connectivity index (χ1) is 28.0. The first kappa shape index (κ1) is 37.2. The topological polar surface area (TPSA) is 257 Å². The van der Waals surface area contributed by atoms with Crippen molar-refractivity contribution in [3.8, 4) is 5.69 Å². The van der Waals surface area contributed by atoms with E-state index in [-0.39, 0.29) is 47.6 Å². The van der Waals surface area contributed by atoms with Crippen LogP contribution in [0.15, 0.2) is 61.1 Å². The Morgan fingerprint density at radius 2 is 1.55 bits per heavy atom. The number of hydrogen-bond donors (Lipinski definition) is 5. The number of anilines is 3. The third kappa shape index (κ3) is 6.44. The normalized spacial score (nSPS) is 13.7. The molecule has 0 aliphatic carbocycles. The molecule has 0 saturated carbocycles. The molecule has 0 bridgehead atoms. The zero-order valence-corrected chi connectivity index (χ0v) is 32.0. The second-order valence-corrected chi connectivity index (χ2v) is 13.5. The quantitative estimate of drug-likeness (QED) is 0.116. The molecule has 7 N–H and O–H groups in total. The Kier molecular flexibility index (Phi) is 9.43. The first-order valence-corrected chi connectivity index (χ1v) is 18.4. The number of nitrogens with zero attached hydrogens (tertiary/aromatic N) is 11. The number of fused-ring (bicyclic) bond motifs is 9. The zero-order valence-electron chi connectivity index (χ0n) is 32.0. The Hall–Kier alpha value is -7.77. The second-order valence-electron chi connectivity index (χ2n) is 13.5. The van der Waals surface area contributed by atoms with Crippen LogP contribution < -0.4 is 32.0 Å². The van der Waals surface area contributed by atoms with Gasteiger partial charge in [-0.3, -0.25) is 44.0 Å². The molecule has 4 amide bonds. The van der Waals surface area contributed by atoms with E-state index in [1.165, 1.54) is 16.9 Å². The number of carbonyl (C=O) groups is 4. The van der Waals surface area contributed by atoms with Gasteiger partial charge in [-0.1, -0.05) is 18.2 Å². The van der Waals surface area contributed by atoms with Crippen LogP contribution in [0.3, 0.4) is 0 Å². The summed E-state index contributed by atoms with van der Waals surface area (Å²) in [6.07, 6.45) is 8.48. The van der Waals surface area contributed by atoms with Crippen molar-refractivity contribution in [3.05, 3.63) is 101 Å². The van der Waals surface area contributed by atoms with Gasteiger partial charge in [0, 0.05) is 62.4 Å². The average molecular weight is 784 g/mol. The monoisotopic (exact) mass is 783 g/mol. The van der Waals surface area contributed by atoms with Crippen molar-refractivity contribution in [3.63, 3.8) is 0 Å². The molecule has 8 rings (SSSR count). The Labute approximate surface area is 329 Å². The van der Waals surface area contributed by atoms with Crippen molar-refractivity contribution in [2.45, 2.75) is 60.4 Å².